The van der Waals surface area contributed by atoms with Gasteiger partial charge in [-0.3, -0.25) is 9.59 Å². The van der Waals surface area contributed by atoms with Crippen LogP contribution in [-0.2, 0) is 4.79 Å². The fourth-order valence-electron chi connectivity index (χ4n) is 2.19. The minimum Gasteiger partial charge on any atom is -0.353 e. The summed E-state index contributed by atoms with van der Waals surface area (Å²) in [6, 6.07) is 2.67. The molecule has 0 unspecified atom stereocenters. The minimum absolute atomic E-state index is 0.0200. The standard InChI is InChI=1S/C14H18BrN3O2/c15-9-7-12(18(8-9)11-3-4-11)14(20)16-6-5-13(19)17-10-1-2-10/h7-8,10-11H,1-6H2,(H,16,20)(H,17,19). The van der Waals surface area contributed by atoms with Gasteiger partial charge in [-0.1, -0.05) is 0 Å². The topological polar surface area (TPSA) is 63.1 Å². The molecule has 0 bridgehead atoms. The third-order valence-electron chi connectivity index (χ3n) is 3.57. The van der Waals surface area contributed by atoms with Gasteiger partial charge in [0.25, 0.3) is 5.91 Å². The first-order valence-electron chi connectivity index (χ1n) is 7.08. The van der Waals surface area contributed by atoms with Crippen LogP contribution in [0.1, 0.15) is 48.6 Å². The highest BCUT2D eigenvalue weighted by Gasteiger charge is 2.28. The van der Waals surface area contributed by atoms with Crippen LogP contribution in [0.2, 0.25) is 0 Å². The zero-order valence-corrected chi connectivity index (χ0v) is 12.8. The highest BCUT2D eigenvalue weighted by Crippen LogP contribution is 2.37. The lowest BCUT2D eigenvalue weighted by Gasteiger charge is -2.08. The Balaban J connectivity index is 1.49. The van der Waals surface area contributed by atoms with Crippen LogP contribution in [0.4, 0.5) is 0 Å². The number of hydrogen-bond acceptors (Lipinski definition) is 2. The zero-order valence-electron chi connectivity index (χ0n) is 11.2. The maximum atomic E-state index is 12.1. The van der Waals surface area contributed by atoms with Gasteiger partial charge in [0.15, 0.2) is 0 Å². The minimum atomic E-state index is -0.109. The molecule has 1 heterocycles. The van der Waals surface area contributed by atoms with Crippen molar-refractivity contribution < 1.29 is 9.59 Å². The molecule has 0 aliphatic heterocycles. The van der Waals surface area contributed by atoms with Crippen molar-refractivity contribution in [2.24, 2.45) is 0 Å². The molecule has 2 amide bonds. The van der Waals surface area contributed by atoms with Crippen LogP contribution in [0.3, 0.4) is 0 Å². The van der Waals surface area contributed by atoms with Crippen molar-refractivity contribution in [3.05, 3.63) is 22.4 Å². The predicted octanol–water partition coefficient (Wildman–Crippen LogP) is 1.98. The Bertz CT molecular complexity index is 533. The summed E-state index contributed by atoms with van der Waals surface area (Å²) in [6.45, 7) is 0.380. The van der Waals surface area contributed by atoms with Gasteiger partial charge in [0.05, 0.1) is 0 Å². The third-order valence-corrected chi connectivity index (χ3v) is 4.00. The Labute approximate surface area is 126 Å². The van der Waals surface area contributed by atoms with Gasteiger partial charge in [-0.05, 0) is 47.7 Å². The average Bonchev–Trinajstić information content (AvgIpc) is 3.30. The number of rotatable bonds is 6. The van der Waals surface area contributed by atoms with E-state index in [1.165, 1.54) is 0 Å². The van der Waals surface area contributed by atoms with Gasteiger partial charge in [-0.2, -0.15) is 0 Å². The van der Waals surface area contributed by atoms with E-state index in [0.717, 1.165) is 30.2 Å². The number of nitrogens with one attached hydrogen (secondary N) is 2. The van der Waals surface area contributed by atoms with Crippen LogP contribution >= 0.6 is 15.9 Å². The smallest absolute Gasteiger partial charge is 0.267 e. The molecular formula is C14H18BrN3O2. The van der Waals surface area contributed by atoms with Crippen LogP contribution in [0, 0.1) is 0 Å². The zero-order chi connectivity index (χ0) is 14.1. The van der Waals surface area contributed by atoms with Crippen molar-refractivity contribution in [2.75, 3.05) is 6.54 Å². The van der Waals surface area contributed by atoms with Gasteiger partial charge >= 0.3 is 0 Å². The molecule has 108 valence electrons. The first-order chi connectivity index (χ1) is 9.63. The number of halogens is 1. The lowest BCUT2D eigenvalue weighted by Crippen LogP contribution is -2.32. The summed E-state index contributed by atoms with van der Waals surface area (Å²) in [6.07, 6.45) is 6.72. The lowest BCUT2D eigenvalue weighted by molar-refractivity contribution is -0.121. The van der Waals surface area contributed by atoms with Crippen molar-refractivity contribution in [3.8, 4) is 0 Å². The number of nitrogens with zero attached hydrogens (tertiary/aromatic N) is 1. The molecule has 1 aromatic rings. The van der Waals surface area contributed by atoms with Gasteiger partial charge < -0.3 is 15.2 Å². The Morgan fingerprint density at radius 1 is 1.30 bits per heavy atom. The van der Waals surface area contributed by atoms with E-state index < -0.39 is 0 Å². The SMILES string of the molecule is O=C(CCNC(=O)c1cc(Br)cn1C1CC1)NC1CC1. The second-order valence-corrected chi connectivity index (χ2v) is 6.45. The molecule has 0 spiro atoms. The molecule has 2 aliphatic rings. The molecule has 0 saturated heterocycles. The Morgan fingerprint density at radius 2 is 2.05 bits per heavy atom. The first kappa shape index (κ1) is 13.7. The number of hydrogen-bond donors (Lipinski definition) is 2. The molecule has 3 rings (SSSR count). The highest BCUT2D eigenvalue weighted by atomic mass is 79.9. The molecule has 0 aromatic carbocycles. The molecule has 2 fully saturated rings. The summed E-state index contributed by atoms with van der Waals surface area (Å²) < 4.78 is 2.94. The largest absolute Gasteiger partial charge is 0.353 e. The molecule has 20 heavy (non-hydrogen) atoms. The van der Waals surface area contributed by atoms with E-state index in [0.29, 0.717) is 30.7 Å². The molecule has 1 aromatic heterocycles. The van der Waals surface area contributed by atoms with Gasteiger partial charge in [-0.25, -0.2) is 0 Å². The summed E-state index contributed by atoms with van der Waals surface area (Å²) in [5.74, 6) is -0.0895. The number of carbonyl (C=O) groups is 2. The van der Waals surface area contributed by atoms with Crippen molar-refractivity contribution in [3.63, 3.8) is 0 Å². The molecule has 0 atom stereocenters. The van der Waals surface area contributed by atoms with Gasteiger partial charge in [-0.15, -0.1) is 0 Å². The second-order valence-electron chi connectivity index (χ2n) is 5.53. The molecule has 2 saturated carbocycles. The number of amides is 2. The van der Waals surface area contributed by atoms with E-state index >= 15 is 0 Å². The summed E-state index contributed by atoms with van der Waals surface area (Å²) in [5, 5.41) is 5.73. The van der Waals surface area contributed by atoms with Crippen molar-refractivity contribution in [2.45, 2.75) is 44.2 Å². The fourth-order valence-corrected chi connectivity index (χ4v) is 2.63. The van der Waals surface area contributed by atoms with Crippen molar-refractivity contribution in [1.29, 1.82) is 0 Å². The van der Waals surface area contributed by atoms with Crippen molar-refractivity contribution in [1.82, 2.24) is 15.2 Å². The van der Waals surface area contributed by atoms with Crippen molar-refractivity contribution >= 4 is 27.7 Å². The van der Waals surface area contributed by atoms with Gasteiger partial charge in [0, 0.05) is 35.7 Å². The van der Waals surface area contributed by atoms with Crippen LogP contribution in [0.5, 0.6) is 0 Å². The average molecular weight is 340 g/mol. The maximum absolute atomic E-state index is 12.1. The molecule has 0 radical (unpaired) electrons. The predicted molar refractivity (Wildman–Crippen MR) is 78.5 cm³/mol. The Kier molecular flexibility index (Phi) is 3.83. The van der Waals surface area contributed by atoms with E-state index in [2.05, 4.69) is 26.6 Å². The van der Waals surface area contributed by atoms with E-state index in [4.69, 9.17) is 0 Å². The molecule has 6 heteroatoms. The Hall–Kier alpha value is -1.30. The van der Waals surface area contributed by atoms with E-state index in [9.17, 15) is 9.59 Å². The quantitative estimate of drug-likeness (QED) is 0.832. The number of aromatic nitrogens is 1. The normalized spacial score (nSPS) is 17.9. The van der Waals surface area contributed by atoms with Crippen LogP contribution in [0.15, 0.2) is 16.7 Å². The van der Waals surface area contributed by atoms with E-state index in [1.54, 1.807) is 0 Å². The van der Waals surface area contributed by atoms with Crippen LogP contribution in [0.25, 0.3) is 0 Å². The van der Waals surface area contributed by atoms with Crippen LogP contribution in [-0.4, -0.2) is 29.0 Å². The fraction of sp³-hybridized carbons (Fsp3) is 0.571. The maximum Gasteiger partial charge on any atom is 0.267 e. The van der Waals surface area contributed by atoms with E-state index in [1.807, 2.05) is 16.8 Å². The van der Waals surface area contributed by atoms with Crippen LogP contribution < -0.4 is 10.6 Å². The van der Waals surface area contributed by atoms with Gasteiger partial charge in [0.2, 0.25) is 5.91 Å². The summed E-state index contributed by atoms with van der Waals surface area (Å²) in [5.41, 5.74) is 0.668. The summed E-state index contributed by atoms with van der Waals surface area (Å²) in [7, 11) is 0. The third kappa shape index (κ3) is 3.42. The Morgan fingerprint density at radius 3 is 2.70 bits per heavy atom. The molecular weight excluding hydrogens is 322 g/mol. The first-order valence-corrected chi connectivity index (χ1v) is 7.88. The lowest BCUT2D eigenvalue weighted by atomic mass is 10.3. The van der Waals surface area contributed by atoms with Gasteiger partial charge in [0.1, 0.15) is 5.69 Å². The molecule has 2 N–H and O–H groups in total. The molecule has 5 nitrogen and oxygen atoms in total. The summed E-state index contributed by atoms with van der Waals surface area (Å²) >= 11 is 3.41. The highest BCUT2D eigenvalue weighted by molar-refractivity contribution is 9.10. The number of carbonyl (C=O) groups excluding carboxylic acids is 2. The monoisotopic (exact) mass is 339 g/mol. The second kappa shape index (κ2) is 5.60. The molecule has 2 aliphatic carbocycles. The van der Waals surface area contributed by atoms with E-state index in [-0.39, 0.29) is 11.8 Å². The summed E-state index contributed by atoms with van der Waals surface area (Å²) in [4.78, 5) is 23.7.